The lowest BCUT2D eigenvalue weighted by molar-refractivity contribution is 0.0752. The molecule has 1 atom stereocenters. The molecule has 0 spiro atoms. The predicted octanol–water partition coefficient (Wildman–Crippen LogP) is -0.438. The van der Waals surface area contributed by atoms with E-state index >= 15 is 0 Å². The van der Waals surface area contributed by atoms with Crippen molar-refractivity contribution in [2.45, 2.75) is 24.3 Å². The lowest BCUT2D eigenvalue weighted by Crippen LogP contribution is -2.36. The van der Waals surface area contributed by atoms with Crippen molar-refractivity contribution in [3.05, 3.63) is 12.4 Å². The minimum Gasteiger partial charge on any atom is -0.377 e. The highest BCUT2D eigenvalue weighted by atomic mass is 32.2. The van der Waals surface area contributed by atoms with Crippen LogP contribution in [0.2, 0.25) is 0 Å². The molecular weight excluding hydrogens is 270 g/mol. The second-order valence-corrected chi connectivity index (χ2v) is 6.22. The molecule has 1 fully saturated rings. The van der Waals surface area contributed by atoms with Crippen LogP contribution >= 0.6 is 0 Å². The number of hydrazine groups is 1. The average molecular weight is 287 g/mol. The van der Waals surface area contributed by atoms with Gasteiger partial charge in [0, 0.05) is 19.7 Å². The van der Waals surface area contributed by atoms with Gasteiger partial charge in [-0.3, -0.25) is 5.43 Å². The first-order chi connectivity index (χ1) is 9.04. The quantitative estimate of drug-likeness (QED) is 0.573. The zero-order valence-electron chi connectivity index (χ0n) is 10.6. The topological polar surface area (TPSA) is 110 Å². The molecule has 1 aliphatic heterocycles. The van der Waals surface area contributed by atoms with E-state index in [0.717, 1.165) is 0 Å². The molecule has 106 valence electrons. The molecule has 8 nitrogen and oxygen atoms in total. The summed E-state index contributed by atoms with van der Waals surface area (Å²) >= 11 is 0. The Morgan fingerprint density at radius 3 is 2.79 bits per heavy atom. The summed E-state index contributed by atoms with van der Waals surface area (Å²) in [6.07, 6.45) is 3.04. The van der Waals surface area contributed by atoms with Crippen molar-refractivity contribution in [2.75, 3.05) is 25.1 Å². The van der Waals surface area contributed by atoms with Crippen molar-refractivity contribution in [2.24, 2.45) is 5.84 Å². The Morgan fingerprint density at radius 2 is 2.16 bits per heavy atom. The van der Waals surface area contributed by atoms with E-state index in [0.29, 0.717) is 26.1 Å². The van der Waals surface area contributed by atoms with Crippen LogP contribution in [-0.2, 0) is 14.8 Å². The second-order valence-electron chi connectivity index (χ2n) is 4.28. The number of nitrogens with zero attached hydrogens (tertiary/aromatic N) is 3. The van der Waals surface area contributed by atoms with E-state index in [9.17, 15) is 8.42 Å². The van der Waals surface area contributed by atoms with E-state index in [1.54, 1.807) is 0 Å². The third kappa shape index (κ3) is 3.18. The summed E-state index contributed by atoms with van der Waals surface area (Å²) in [5, 5.41) is 0. The summed E-state index contributed by atoms with van der Waals surface area (Å²) in [6.45, 7) is 3.19. The number of hydrogen-bond acceptors (Lipinski definition) is 7. The molecular formula is C10H17N5O3S. The molecule has 1 unspecified atom stereocenters. The SMILES string of the molecule is CC1CN(S(=O)(=O)c2cnc(NN)nc2)CCCO1. The number of nitrogens with one attached hydrogen (secondary N) is 1. The molecule has 1 aliphatic rings. The van der Waals surface area contributed by atoms with E-state index in [2.05, 4.69) is 15.4 Å². The summed E-state index contributed by atoms with van der Waals surface area (Å²) in [5.74, 6) is 5.31. The van der Waals surface area contributed by atoms with Crippen LogP contribution in [0.3, 0.4) is 0 Å². The number of nitrogens with two attached hydrogens (primary N) is 1. The van der Waals surface area contributed by atoms with E-state index in [-0.39, 0.29) is 16.9 Å². The van der Waals surface area contributed by atoms with Crippen molar-refractivity contribution < 1.29 is 13.2 Å². The van der Waals surface area contributed by atoms with Crippen molar-refractivity contribution in [3.63, 3.8) is 0 Å². The minimum atomic E-state index is -3.58. The van der Waals surface area contributed by atoms with Gasteiger partial charge in [0.05, 0.1) is 18.5 Å². The third-order valence-electron chi connectivity index (χ3n) is 2.81. The maximum atomic E-state index is 12.4. The van der Waals surface area contributed by atoms with Crippen molar-refractivity contribution >= 4 is 16.0 Å². The second kappa shape index (κ2) is 5.78. The standard InChI is InChI=1S/C10H17N5O3S/c1-8-7-15(3-2-4-18-8)19(16,17)9-5-12-10(14-11)13-6-9/h5-6,8H,2-4,7,11H2,1H3,(H,12,13,14). The van der Waals surface area contributed by atoms with Gasteiger partial charge >= 0.3 is 0 Å². The Hall–Kier alpha value is -1.29. The highest BCUT2D eigenvalue weighted by Gasteiger charge is 2.28. The van der Waals surface area contributed by atoms with Crippen LogP contribution in [0, 0.1) is 0 Å². The summed E-state index contributed by atoms with van der Waals surface area (Å²) in [5.41, 5.74) is 2.25. The smallest absolute Gasteiger partial charge is 0.246 e. The fourth-order valence-electron chi connectivity index (χ4n) is 1.85. The molecule has 0 amide bonds. The molecule has 0 aromatic carbocycles. The first kappa shape index (κ1) is 14.1. The van der Waals surface area contributed by atoms with Crippen LogP contribution < -0.4 is 11.3 Å². The Bertz CT molecular complexity index is 518. The van der Waals surface area contributed by atoms with Crippen molar-refractivity contribution in [1.29, 1.82) is 0 Å². The number of ether oxygens (including phenoxy) is 1. The zero-order valence-corrected chi connectivity index (χ0v) is 11.4. The number of nitrogen functional groups attached to an aromatic ring is 1. The third-order valence-corrected chi connectivity index (χ3v) is 4.63. The van der Waals surface area contributed by atoms with Crippen LogP contribution in [0.15, 0.2) is 17.3 Å². The van der Waals surface area contributed by atoms with Gasteiger partial charge in [0.2, 0.25) is 16.0 Å². The molecule has 19 heavy (non-hydrogen) atoms. The fraction of sp³-hybridized carbons (Fsp3) is 0.600. The first-order valence-corrected chi connectivity index (χ1v) is 7.38. The molecule has 9 heteroatoms. The molecule has 1 aromatic rings. The van der Waals surface area contributed by atoms with Crippen LogP contribution in [0.1, 0.15) is 13.3 Å². The Morgan fingerprint density at radius 1 is 1.47 bits per heavy atom. The van der Waals surface area contributed by atoms with Crippen molar-refractivity contribution in [3.8, 4) is 0 Å². The largest absolute Gasteiger partial charge is 0.377 e. The normalized spacial score (nSPS) is 21.9. The molecule has 3 N–H and O–H groups in total. The Balaban J connectivity index is 2.24. The number of hydrogen-bond donors (Lipinski definition) is 2. The predicted molar refractivity (Wildman–Crippen MR) is 68.6 cm³/mol. The number of anilines is 1. The summed E-state index contributed by atoms with van der Waals surface area (Å²) < 4.78 is 31.7. The van der Waals surface area contributed by atoms with Gasteiger partial charge in [-0.15, -0.1) is 0 Å². The molecule has 0 radical (unpaired) electrons. The van der Waals surface area contributed by atoms with Gasteiger partial charge in [0.25, 0.3) is 0 Å². The van der Waals surface area contributed by atoms with Gasteiger partial charge in [0.1, 0.15) is 4.90 Å². The van der Waals surface area contributed by atoms with Crippen LogP contribution in [0.4, 0.5) is 5.95 Å². The zero-order chi connectivity index (χ0) is 13.9. The van der Waals surface area contributed by atoms with Crippen LogP contribution in [0.25, 0.3) is 0 Å². The van der Waals surface area contributed by atoms with E-state index < -0.39 is 10.0 Å². The first-order valence-electron chi connectivity index (χ1n) is 5.94. The number of sulfonamides is 1. The Labute approximate surface area is 112 Å². The van der Waals surface area contributed by atoms with Gasteiger partial charge in [0.15, 0.2) is 0 Å². The lowest BCUT2D eigenvalue weighted by atomic mass is 10.4. The van der Waals surface area contributed by atoms with Gasteiger partial charge in [-0.2, -0.15) is 4.31 Å². The van der Waals surface area contributed by atoms with Crippen LogP contribution in [-0.4, -0.2) is 48.5 Å². The maximum Gasteiger partial charge on any atom is 0.246 e. The van der Waals surface area contributed by atoms with Crippen molar-refractivity contribution in [1.82, 2.24) is 14.3 Å². The molecule has 0 bridgehead atoms. The molecule has 1 aromatic heterocycles. The van der Waals surface area contributed by atoms with Gasteiger partial charge in [-0.1, -0.05) is 0 Å². The number of aromatic nitrogens is 2. The van der Waals surface area contributed by atoms with E-state index in [1.807, 2.05) is 6.92 Å². The highest BCUT2D eigenvalue weighted by molar-refractivity contribution is 7.89. The van der Waals surface area contributed by atoms with Crippen LogP contribution in [0.5, 0.6) is 0 Å². The van der Waals surface area contributed by atoms with E-state index in [1.165, 1.54) is 16.7 Å². The molecule has 2 rings (SSSR count). The van der Waals surface area contributed by atoms with E-state index in [4.69, 9.17) is 10.6 Å². The van der Waals surface area contributed by atoms with Gasteiger partial charge in [-0.05, 0) is 13.3 Å². The fourth-order valence-corrected chi connectivity index (χ4v) is 3.29. The number of rotatable bonds is 3. The summed E-state index contributed by atoms with van der Waals surface area (Å²) in [7, 11) is -3.58. The lowest BCUT2D eigenvalue weighted by Gasteiger charge is -2.21. The maximum absolute atomic E-state index is 12.4. The molecule has 0 aliphatic carbocycles. The monoisotopic (exact) mass is 287 g/mol. The average Bonchev–Trinajstić information content (AvgIpc) is 2.64. The molecule has 2 heterocycles. The summed E-state index contributed by atoms with van der Waals surface area (Å²) in [6, 6.07) is 0. The highest BCUT2D eigenvalue weighted by Crippen LogP contribution is 2.17. The van der Waals surface area contributed by atoms with Gasteiger partial charge in [-0.25, -0.2) is 24.2 Å². The minimum absolute atomic E-state index is 0.0561. The molecule has 0 saturated carbocycles. The Kier molecular flexibility index (Phi) is 4.30. The molecule has 1 saturated heterocycles. The summed E-state index contributed by atoms with van der Waals surface area (Å²) in [4.78, 5) is 7.69. The van der Waals surface area contributed by atoms with Gasteiger partial charge < -0.3 is 4.74 Å².